The first-order chi connectivity index (χ1) is 10.0. The SMILES string of the molecule is Cc1cc(NCc2ccc(C#N)cc2F)ccc1[N+](=O)[O-]. The van der Waals surface area contributed by atoms with Crippen LogP contribution in [0.5, 0.6) is 0 Å². The van der Waals surface area contributed by atoms with E-state index >= 15 is 0 Å². The van der Waals surface area contributed by atoms with Crippen molar-refractivity contribution >= 4 is 11.4 Å². The van der Waals surface area contributed by atoms with Gasteiger partial charge in [0.15, 0.2) is 0 Å². The number of halogens is 1. The number of hydrogen-bond donors (Lipinski definition) is 1. The summed E-state index contributed by atoms with van der Waals surface area (Å²) < 4.78 is 13.7. The van der Waals surface area contributed by atoms with E-state index in [1.165, 1.54) is 12.1 Å². The first-order valence-electron chi connectivity index (χ1n) is 6.18. The van der Waals surface area contributed by atoms with Gasteiger partial charge in [0.05, 0.1) is 16.6 Å². The molecule has 0 amide bonds. The summed E-state index contributed by atoms with van der Waals surface area (Å²) in [5, 5.41) is 22.4. The molecule has 0 radical (unpaired) electrons. The molecule has 0 aromatic heterocycles. The number of aryl methyl sites for hydroxylation is 1. The summed E-state index contributed by atoms with van der Waals surface area (Å²) in [4.78, 5) is 10.3. The summed E-state index contributed by atoms with van der Waals surface area (Å²) in [6.45, 7) is 1.88. The van der Waals surface area contributed by atoms with E-state index < -0.39 is 10.7 Å². The number of hydrogen-bond acceptors (Lipinski definition) is 4. The van der Waals surface area contributed by atoms with Crippen molar-refractivity contribution in [1.82, 2.24) is 0 Å². The Kier molecular flexibility index (Phi) is 4.14. The molecule has 2 aromatic rings. The molecule has 2 rings (SSSR count). The van der Waals surface area contributed by atoms with Crippen LogP contribution < -0.4 is 5.32 Å². The highest BCUT2D eigenvalue weighted by Gasteiger charge is 2.10. The summed E-state index contributed by atoms with van der Waals surface area (Å²) >= 11 is 0. The Hall–Kier alpha value is -2.94. The van der Waals surface area contributed by atoms with Crippen molar-refractivity contribution in [1.29, 1.82) is 5.26 Å². The van der Waals surface area contributed by atoms with Crippen molar-refractivity contribution in [3.63, 3.8) is 0 Å². The molecule has 0 fully saturated rings. The van der Waals surface area contributed by atoms with Crippen LogP contribution in [0.1, 0.15) is 16.7 Å². The summed E-state index contributed by atoms with van der Waals surface area (Å²) in [7, 11) is 0. The number of nitro groups is 1. The van der Waals surface area contributed by atoms with Crippen molar-refractivity contribution in [2.75, 3.05) is 5.32 Å². The van der Waals surface area contributed by atoms with Gasteiger partial charge in [-0.2, -0.15) is 5.26 Å². The fraction of sp³-hybridized carbons (Fsp3) is 0.133. The number of anilines is 1. The molecule has 21 heavy (non-hydrogen) atoms. The number of benzene rings is 2. The van der Waals surface area contributed by atoms with E-state index in [-0.39, 0.29) is 17.8 Å². The van der Waals surface area contributed by atoms with Gasteiger partial charge in [-0.05, 0) is 31.2 Å². The molecule has 0 heterocycles. The summed E-state index contributed by atoms with van der Waals surface area (Å²) in [6, 6.07) is 10.8. The third kappa shape index (κ3) is 3.34. The largest absolute Gasteiger partial charge is 0.381 e. The maximum absolute atomic E-state index is 13.7. The van der Waals surface area contributed by atoms with Crippen molar-refractivity contribution in [2.45, 2.75) is 13.5 Å². The Bertz CT molecular complexity index is 738. The number of rotatable bonds is 4. The monoisotopic (exact) mass is 285 g/mol. The van der Waals surface area contributed by atoms with Crippen LogP contribution in [0.3, 0.4) is 0 Å². The molecule has 5 nitrogen and oxygen atoms in total. The highest BCUT2D eigenvalue weighted by atomic mass is 19.1. The van der Waals surface area contributed by atoms with Crippen LogP contribution in [-0.2, 0) is 6.54 Å². The smallest absolute Gasteiger partial charge is 0.272 e. The van der Waals surface area contributed by atoms with Gasteiger partial charge in [0.1, 0.15) is 5.82 Å². The molecule has 0 aliphatic rings. The number of nitrogens with one attached hydrogen (secondary N) is 1. The lowest BCUT2D eigenvalue weighted by molar-refractivity contribution is -0.385. The lowest BCUT2D eigenvalue weighted by Crippen LogP contribution is -2.03. The third-order valence-corrected chi connectivity index (χ3v) is 3.06. The second-order valence-corrected chi connectivity index (χ2v) is 4.53. The predicted octanol–water partition coefficient (Wildman–Crippen LogP) is 3.53. The van der Waals surface area contributed by atoms with E-state index in [0.717, 1.165) is 0 Å². The number of nitrogens with zero attached hydrogens (tertiary/aromatic N) is 2. The van der Waals surface area contributed by atoms with Crippen molar-refractivity contribution < 1.29 is 9.31 Å². The maximum atomic E-state index is 13.7. The Balaban J connectivity index is 2.12. The van der Waals surface area contributed by atoms with Gasteiger partial charge in [0.25, 0.3) is 5.69 Å². The zero-order chi connectivity index (χ0) is 15.4. The highest BCUT2D eigenvalue weighted by molar-refractivity contribution is 5.53. The standard InChI is InChI=1S/C15H12FN3O2/c1-10-6-13(4-5-15(10)19(20)21)18-9-12-3-2-11(8-17)7-14(12)16/h2-7,18H,9H2,1H3. The first kappa shape index (κ1) is 14.5. The Morgan fingerprint density at radius 3 is 2.67 bits per heavy atom. The maximum Gasteiger partial charge on any atom is 0.272 e. The van der Waals surface area contributed by atoms with Gasteiger partial charge in [-0.25, -0.2) is 4.39 Å². The van der Waals surface area contributed by atoms with Crippen LogP contribution in [0.4, 0.5) is 15.8 Å². The minimum atomic E-state index is -0.458. The highest BCUT2D eigenvalue weighted by Crippen LogP contribution is 2.22. The van der Waals surface area contributed by atoms with Crippen LogP contribution in [0, 0.1) is 34.2 Å². The van der Waals surface area contributed by atoms with Gasteiger partial charge < -0.3 is 5.32 Å². The summed E-state index contributed by atoms with van der Waals surface area (Å²) in [6.07, 6.45) is 0. The Labute approximate surface area is 120 Å². The molecule has 0 unspecified atom stereocenters. The minimum absolute atomic E-state index is 0.0464. The second-order valence-electron chi connectivity index (χ2n) is 4.53. The van der Waals surface area contributed by atoms with Crippen LogP contribution in [0.2, 0.25) is 0 Å². The van der Waals surface area contributed by atoms with Gasteiger partial charge in [-0.15, -0.1) is 0 Å². The molecule has 0 spiro atoms. The fourth-order valence-electron chi connectivity index (χ4n) is 1.93. The van der Waals surface area contributed by atoms with Gasteiger partial charge >= 0.3 is 0 Å². The molecule has 6 heteroatoms. The quantitative estimate of drug-likeness (QED) is 0.688. The predicted molar refractivity (Wildman–Crippen MR) is 76.3 cm³/mol. The molecule has 0 aliphatic heterocycles. The van der Waals surface area contributed by atoms with Gasteiger partial charge in [0.2, 0.25) is 0 Å². The topological polar surface area (TPSA) is 79.0 Å². The molecule has 0 aliphatic carbocycles. The van der Waals surface area contributed by atoms with Crippen LogP contribution in [-0.4, -0.2) is 4.92 Å². The normalized spacial score (nSPS) is 9.95. The Morgan fingerprint density at radius 2 is 2.10 bits per heavy atom. The zero-order valence-corrected chi connectivity index (χ0v) is 11.3. The van der Waals surface area contributed by atoms with E-state index in [1.807, 2.05) is 6.07 Å². The lowest BCUT2D eigenvalue weighted by atomic mass is 10.1. The first-order valence-corrected chi connectivity index (χ1v) is 6.18. The molecule has 106 valence electrons. The van der Waals surface area contributed by atoms with Gasteiger partial charge in [-0.3, -0.25) is 10.1 Å². The second kappa shape index (κ2) is 6.01. The van der Waals surface area contributed by atoms with Crippen molar-refractivity contribution in [3.8, 4) is 6.07 Å². The number of nitriles is 1. The van der Waals surface area contributed by atoms with E-state index in [9.17, 15) is 14.5 Å². The molecule has 2 aromatic carbocycles. The Morgan fingerprint density at radius 1 is 1.33 bits per heavy atom. The molecular weight excluding hydrogens is 273 g/mol. The number of nitro benzene ring substituents is 1. The summed E-state index contributed by atoms with van der Waals surface area (Å²) in [5.74, 6) is -0.458. The van der Waals surface area contributed by atoms with Gasteiger partial charge in [0, 0.05) is 29.4 Å². The van der Waals surface area contributed by atoms with Crippen LogP contribution in [0.15, 0.2) is 36.4 Å². The molecule has 0 saturated carbocycles. The van der Waals surface area contributed by atoms with E-state index in [0.29, 0.717) is 16.8 Å². The third-order valence-electron chi connectivity index (χ3n) is 3.06. The van der Waals surface area contributed by atoms with Gasteiger partial charge in [-0.1, -0.05) is 6.07 Å². The van der Waals surface area contributed by atoms with Crippen LogP contribution >= 0.6 is 0 Å². The minimum Gasteiger partial charge on any atom is -0.381 e. The van der Waals surface area contributed by atoms with E-state index in [4.69, 9.17) is 5.26 Å². The molecular formula is C15H12FN3O2. The van der Waals surface area contributed by atoms with Crippen molar-refractivity contribution in [2.24, 2.45) is 0 Å². The molecule has 0 saturated heterocycles. The summed E-state index contributed by atoms with van der Waals surface area (Å²) in [5.41, 5.74) is 1.93. The average Bonchev–Trinajstić information content (AvgIpc) is 2.45. The van der Waals surface area contributed by atoms with Crippen LogP contribution in [0.25, 0.3) is 0 Å². The molecule has 0 atom stereocenters. The van der Waals surface area contributed by atoms with E-state index in [2.05, 4.69) is 5.32 Å². The fourth-order valence-corrected chi connectivity index (χ4v) is 1.93. The zero-order valence-electron chi connectivity index (χ0n) is 11.3. The van der Waals surface area contributed by atoms with Crippen molar-refractivity contribution in [3.05, 3.63) is 69.0 Å². The molecule has 1 N–H and O–H groups in total. The average molecular weight is 285 g/mol. The van der Waals surface area contributed by atoms with E-state index in [1.54, 1.807) is 31.2 Å². The lowest BCUT2D eigenvalue weighted by Gasteiger charge is -2.08. The molecule has 0 bridgehead atoms.